The number of rotatable bonds is 5. The first-order valence-corrected chi connectivity index (χ1v) is 12.4. The first kappa shape index (κ1) is 22.1. The zero-order valence-corrected chi connectivity index (χ0v) is 19.4. The van der Waals surface area contributed by atoms with Crippen LogP contribution in [0.15, 0.2) is 35.2 Å². The zero-order chi connectivity index (χ0) is 22.0. The Hall–Kier alpha value is -2.10. The molecule has 2 fully saturated rings. The Morgan fingerprint density at radius 3 is 2.06 bits per heavy atom. The van der Waals surface area contributed by atoms with Gasteiger partial charge >= 0.3 is 0 Å². The average molecular weight is 466 g/mol. The van der Waals surface area contributed by atoms with Crippen LogP contribution >= 0.6 is 11.6 Å². The second kappa shape index (κ2) is 9.18. The molecule has 2 aliphatic rings. The van der Waals surface area contributed by atoms with Gasteiger partial charge in [-0.25, -0.2) is 8.42 Å². The van der Waals surface area contributed by atoms with Crippen molar-refractivity contribution in [1.82, 2.24) is 14.5 Å². The standard InChI is InChI=1S/C21H28ClN5O3S/c1-16-7-9-25(10-8-16)20-5-6-21(24-23-20)26-11-13-27(14-12-26)31(28,29)19-15-17(22)3-4-18(19)30-2/h3-6,15-16H,7-14H2,1-2H3. The van der Waals surface area contributed by atoms with E-state index < -0.39 is 10.0 Å². The van der Waals surface area contributed by atoms with Crippen LogP contribution in [0, 0.1) is 5.92 Å². The second-order valence-corrected chi connectivity index (χ2v) is 10.4. The number of benzene rings is 1. The van der Waals surface area contributed by atoms with Crippen molar-refractivity contribution in [2.45, 2.75) is 24.7 Å². The second-order valence-electron chi connectivity index (χ2n) is 8.11. The van der Waals surface area contributed by atoms with Crippen molar-refractivity contribution in [3.63, 3.8) is 0 Å². The van der Waals surface area contributed by atoms with E-state index in [1.807, 2.05) is 12.1 Å². The number of hydrogen-bond acceptors (Lipinski definition) is 7. The number of hydrogen-bond donors (Lipinski definition) is 0. The molecule has 2 aromatic rings. The zero-order valence-electron chi connectivity index (χ0n) is 17.9. The van der Waals surface area contributed by atoms with Gasteiger partial charge in [0.1, 0.15) is 10.6 Å². The van der Waals surface area contributed by atoms with Crippen molar-refractivity contribution in [3.05, 3.63) is 35.4 Å². The predicted molar refractivity (Wildman–Crippen MR) is 122 cm³/mol. The van der Waals surface area contributed by atoms with Crippen LogP contribution in [0.2, 0.25) is 5.02 Å². The molecular weight excluding hydrogens is 438 g/mol. The number of piperazine rings is 1. The van der Waals surface area contributed by atoms with Crippen molar-refractivity contribution in [2.24, 2.45) is 5.92 Å². The molecular formula is C21H28ClN5O3S. The molecule has 0 spiro atoms. The van der Waals surface area contributed by atoms with Gasteiger partial charge in [-0.1, -0.05) is 18.5 Å². The van der Waals surface area contributed by atoms with Gasteiger partial charge in [0, 0.05) is 44.3 Å². The van der Waals surface area contributed by atoms with E-state index in [1.54, 1.807) is 12.1 Å². The minimum absolute atomic E-state index is 0.0935. The predicted octanol–water partition coefficient (Wildman–Crippen LogP) is 2.89. The normalized spacial score (nSPS) is 18.9. The summed E-state index contributed by atoms with van der Waals surface area (Å²) in [4.78, 5) is 4.44. The van der Waals surface area contributed by atoms with Crippen molar-refractivity contribution >= 4 is 33.3 Å². The topological polar surface area (TPSA) is 78.9 Å². The molecule has 0 N–H and O–H groups in total. The molecule has 4 rings (SSSR count). The fraction of sp³-hybridized carbons (Fsp3) is 0.524. The van der Waals surface area contributed by atoms with Gasteiger partial charge < -0.3 is 14.5 Å². The highest BCUT2D eigenvalue weighted by atomic mass is 35.5. The number of nitrogens with zero attached hydrogens (tertiary/aromatic N) is 5. The van der Waals surface area contributed by atoms with Gasteiger partial charge in [-0.3, -0.25) is 0 Å². The van der Waals surface area contributed by atoms with Gasteiger partial charge in [-0.05, 0) is 49.1 Å². The number of sulfonamides is 1. The molecule has 1 aromatic carbocycles. The quantitative estimate of drug-likeness (QED) is 0.671. The molecule has 0 amide bonds. The third kappa shape index (κ3) is 4.73. The van der Waals surface area contributed by atoms with E-state index in [1.165, 1.54) is 30.3 Å². The fourth-order valence-corrected chi connectivity index (χ4v) is 5.88. The highest BCUT2D eigenvalue weighted by Crippen LogP contribution is 2.30. The first-order valence-electron chi connectivity index (χ1n) is 10.6. The first-order chi connectivity index (χ1) is 14.9. The van der Waals surface area contributed by atoms with E-state index in [0.29, 0.717) is 37.0 Å². The van der Waals surface area contributed by atoms with Crippen molar-refractivity contribution < 1.29 is 13.2 Å². The molecule has 31 heavy (non-hydrogen) atoms. The minimum Gasteiger partial charge on any atom is -0.495 e. The molecule has 3 heterocycles. The third-order valence-electron chi connectivity index (χ3n) is 6.05. The molecule has 0 unspecified atom stereocenters. The van der Waals surface area contributed by atoms with Gasteiger partial charge in [0.05, 0.1) is 7.11 Å². The van der Waals surface area contributed by atoms with Crippen molar-refractivity contribution in [2.75, 3.05) is 56.2 Å². The lowest BCUT2D eigenvalue weighted by Crippen LogP contribution is -2.49. The number of methoxy groups -OCH3 is 1. The summed E-state index contributed by atoms with van der Waals surface area (Å²) in [6, 6.07) is 8.62. The lowest BCUT2D eigenvalue weighted by atomic mass is 9.99. The van der Waals surface area contributed by atoms with E-state index in [-0.39, 0.29) is 4.90 Å². The molecule has 2 aliphatic heterocycles. The van der Waals surface area contributed by atoms with E-state index in [9.17, 15) is 8.42 Å². The summed E-state index contributed by atoms with van der Waals surface area (Å²) in [6.07, 6.45) is 2.36. The third-order valence-corrected chi connectivity index (χ3v) is 8.21. The summed E-state index contributed by atoms with van der Waals surface area (Å²) < 4.78 is 33.0. The minimum atomic E-state index is -3.70. The number of halogens is 1. The summed E-state index contributed by atoms with van der Waals surface area (Å²) >= 11 is 6.03. The largest absolute Gasteiger partial charge is 0.495 e. The number of ether oxygens (including phenoxy) is 1. The summed E-state index contributed by atoms with van der Waals surface area (Å²) in [5.74, 6) is 2.74. The maximum atomic E-state index is 13.1. The van der Waals surface area contributed by atoms with Crippen LogP contribution in [-0.2, 0) is 10.0 Å². The summed E-state index contributed by atoms with van der Waals surface area (Å²) in [7, 11) is -2.25. The van der Waals surface area contributed by atoms with E-state index in [4.69, 9.17) is 16.3 Å². The molecule has 0 bridgehead atoms. The number of anilines is 2. The Kier molecular flexibility index (Phi) is 6.55. The van der Waals surface area contributed by atoms with Crippen LogP contribution in [0.25, 0.3) is 0 Å². The SMILES string of the molecule is COc1ccc(Cl)cc1S(=O)(=O)N1CCN(c2ccc(N3CCC(C)CC3)nn2)CC1. The lowest BCUT2D eigenvalue weighted by molar-refractivity contribution is 0.373. The molecule has 2 saturated heterocycles. The molecule has 1 aromatic heterocycles. The smallest absolute Gasteiger partial charge is 0.246 e. The van der Waals surface area contributed by atoms with Crippen LogP contribution in [0.3, 0.4) is 0 Å². The fourth-order valence-electron chi connectivity index (χ4n) is 4.04. The van der Waals surface area contributed by atoms with E-state index in [2.05, 4.69) is 26.9 Å². The molecule has 0 radical (unpaired) electrons. The van der Waals surface area contributed by atoms with Crippen LogP contribution < -0.4 is 14.5 Å². The lowest BCUT2D eigenvalue weighted by Gasteiger charge is -2.35. The molecule has 8 nitrogen and oxygen atoms in total. The maximum absolute atomic E-state index is 13.1. The van der Waals surface area contributed by atoms with Crippen LogP contribution in [0.5, 0.6) is 5.75 Å². The Morgan fingerprint density at radius 1 is 0.935 bits per heavy atom. The van der Waals surface area contributed by atoms with Crippen LogP contribution in [0.4, 0.5) is 11.6 Å². The van der Waals surface area contributed by atoms with Crippen molar-refractivity contribution in [3.8, 4) is 5.75 Å². The van der Waals surface area contributed by atoms with Gasteiger partial charge in [0.2, 0.25) is 10.0 Å². The molecule has 0 atom stereocenters. The average Bonchev–Trinajstić information content (AvgIpc) is 2.80. The Morgan fingerprint density at radius 2 is 1.52 bits per heavy atom. The Balaban J connectivity index is 1.41. The summed E-state index contributed by atoms with van der Waals surface area (Å²) in [6.45, 7) is 6.09. The highest BCUT2D eigenvalue weighted by molar-refractivity contribution is 7.89. The molecule has 168 valence electrons. The maximum Gasteiger partial charge on any atom is 0.246 e. The van der Waals surface area contributed by atoms with Gasteiger partial charge in [0.15, 0.2) is 11.6 Å². The van der Waals surface area contributed by atoms with Gasteiger partial charge in [0.25, 0.3) is 0 Å². The number of aromatic nitrogens is 2. The Labute approximate surface area is 188 Å². The monoisotopic (exact) mass is 465 g/mol. The molecule has 0 saturated carbocycles. The van der Waals surface area contributed by atoms with Crippen LogP contribution in [0.1, 0.15) is 19.8 Å². The van der Waals surface area contributed by atoms with Gasteiger partial charge in [-0.2, -0.15) is 4.31 Å². The van der Waals surface area contributed by atoms with Crippen LogP contribution in [-0.4, -0.2) is 69.3 Å². The van der Waals surface area contributed by atoms with E-state index in [0.717, 1.165) is 30.6 Å². The highest BCUT2D eigenvalue weighted by Gasteiger charge is 2.31. The molecule has 10 heteroatoms. The Bertz CT molecular complexity index is 1000. The molecule has 0 aliphatic carbocycles. The van der Waals surface area contributed by atoms with E-state index >= 15 is 0 Å². The summed E-state index contributed by atoms with van der Waals surface area (Å²) in [5.41, 5.74) is 0. The summed E-state index contributed by atoms with van der Waals surface area (Å²) in [5, 5.41) is 9.19. The van der Waals surface area contributed by atoms with Crippen molar-refractivity contribution in [1.29, 1.82) is 0 Å². The number of piperidine rings is 1. The van der Waals surface area contributed by atoms with Gasteiger partial charge in [-0.15, -0.1) is 10.2 Å².